The third-order valence-corrected chi connectivity index (χ3v) is 5.76. The SMILES string of the molecule is CCCOc1cccc(NC2=C(c3ccc(C)c(C)c3)C(=O)N(c3cccc(Cl)c3)C2=O)c1. The highest BCUT2D eigenvalue weighted by atomic mass is 35.5. The highest BCUT2D eigenvalue weighted by Crippen LogP contribution is 2.35. The zero-order valence-corrected chi connectivity index (χ0v) is 19.6. The molecule has 6 heteroatoms. The number of nitrogens with one attached hydrogen (secondary N) is 1. The molecule has 1 N–H and O–H groups in total. The zero-order chi connectivity index (χ0) is 23.5. The molecule has 4 rings (SSSR count). The van der Waals surface area contributed by atoms with Crippen LogP contribution in [0.1, 0.15) is 30.0 Å². The van der Waals surface area contributed by atoms with Crippen molar-refractivity contribution in [3.8, 4) is 5.75 Å². The van der Waals surface area contributed by atoms with E-state index in [4.69, 9.17) is 16.3 Å². The smallest absolute Gasteiger partial charge is 0.282 e. The summed E-state index contributed by atoms with van der Waals surface area (Å²) in [6.07, 6.45) is 0.890. The lowest BCUT2D eigenvalue weighted by molar-refractivity contribution is -0.120. The molecule has 1 aliphatic rings. The van der Waals surface area contributed by atoms with E-state index in [2.05, 4.69) is 5.32 Å². The molecule has 33 heavy (non-hydrogen) atoms. The lowest BCUT2D eigenvalue weighted by atomic mass is 9.99. The topological polar surface area (TPSA) is 58.6 Å². The average Bonchev–Trinajstić information content (AvgIpc) is 3.04. The van der Waals surface area contributed by atoms with Crippen LogP contribution in [0.15, 0.2) is 72.4 Å². The number of carbonyl (C=O) groups excluding carboxylic acids is 2. The van der Waals surface area contributed by atoms with Gasteiger partial charge in [0.15, 0.2) is 0 Å². The summed E-state index contributed by atoms with van der Waals surface area (Å²) in [6.45, 7) is 6.63. The van der Waals surface area contributed by atoms with Crippen molar-refractivity contribution in [1.29, 1.82) is 0 Å². The minimum Gasteiger partial charge on any atom is -0.494 e. The Balaban J connectivity index is 1.79. The number of nitrogens with zero attached hydrogens (tertiary/aromatic N) is 1. The number of hydrogen-bond acceptors (Lipinski definition) is 4. The molecule has 0 atom stereocenters. The Morgan fingerprint density at radius 3 is 2.42 bits per heavy atom. The summed E-state index contributed by atoms with van der Waals surface area (Å²) in [5.41, 5.74) is 4.46. The van der Waals surface area contributed by atoms with Gasteiger partial charge >= 0.3 is 0 Å². The molecule has 0 aliphatic carbocycles. The van der Waals surface area contributed by atoms with E-state index >= 15 is 0 Å². The van der Waals surface area contributed by atoms with Gasteiger partial charge in [-0.15, -0.1) is 0 Å². The molecule has 0 aromatic heterocycles. The number of halogens is 1. The van der Waals surface area contributed by atoms with Gasteiger partial charge in [0.1, 0.15) is 11.4 Å². The summed E-state index contributed by atoms with van der Waals surface area (Å²) < 4.78 is 5.72. The van der Waals surface area contributed by atoms with Crippen LogP contribution in [0.3, 0.4) is 0 Å². The van der Waals surface area contributed by atoms with Gasteiger partial charge in [-0.05, 0) is 67.3 Å². The fraction of sp³-hybridized carbons (Fsp3) is 0.185. The van der Waals surface area contributed by atoms with Crippen molar-refractivity contribution < 1.29 is 14.3 Å². The molecule has 3 aromatic rings. The van der Waals surface area contributed by atoms with Crippen molar-refractivity contribution in [2.24, 2.45) is 0 Å². The van der Waals surface area contributed by atoms with Gasteiger partial charge in [0.25, 0.3) is 11.8 Å². The first-order valence-electron chi connectivity index (χ1n) is 10.8. The van der Waals surface area contributed by atoms with E-state index in [0.29, 0.717) is 39.9 Å². The molecule has 0 bridgehead atoms. The third-order valence-electron chi connectivity index (χ3n) is 5.52. The molecule has 168 valence electrons. The van der Waals surface area contributed by atoms with E-state index < -0.39 is 11.8 Å². The fourth-order valence-corrected chi connectivity index (χ4v) is 3.87. The van der Waals surface area contributed by atoms with Gasteiger partial charge in [-0.25, -0.2) is 4.90 Å². The second-order valence-electron chi connectivity index (χ2n) is 7.98. The average molecular weight is 461 g/mol. The molecule has 0 fully saturated rings. The Hall–Kier alpha value is -3.57. The first kappa shape index (κ1) is 22.6. The summed E-state index contributed by atoms with van der Waals surface area (Å²) in [7, 11) is 0. The van der Waals surface area contributed by atoms with E-state index in [1.165, 1.54) is 0 Å². The van der Waals surface area contributed by atoms with Crippen LogP contribution in [0.25, 0.3) is 5.57 Å². The van der Waals surface area contributed by atoms with E-state index in [1.807, 2.05) is 63.2 Å². The van der Waals surface area contributed by atoms with Crippen LogP contribution in [-0.4, -0.2) is 18.4 Å². The number of imide groups is 1. The van der Waals surface area contributed by atoms with E-state index in [9.17, 15) is 9.59 Å². The highest BCUT2D eigenvalue weighted by Gasteiger charge is 2.40. The minimum atomic E-state index is -0.435. The molecule has 0 radical (unpaired) electrons. The molecule has 2 amide bonds. The normalized spacial score (nSPS) is 13.6. The standard InChI is InChI=1S/C27H25ClN2O3/c1-4-13-33-23-10-6-8-21(16-23)29-25-24(19-12-11-17(2)18(3)14-19)26(31)30(27(25)32)22-9-5-7-20(28)15-22/h5-12,14-16,29H,4,13H2,1-3H3. The Morgan fingerprint density at radius 1 is 0.909 bits per heavy atom. The predicted octanol–water partition coefficient (Wildman–Crippen LogP) is 6.14. The molecule has 5 nitrogen and oxygen atoms in total. The maximum Gasteiger partial charge on any atom is 0.282 e. The van der Waals surface area contributed by atoms with Gasteiger partial charge in [-0.2, -0.15) is 0 Å². The van der Waals surface area contributed by atoms with Gasteiger partial charge in [0.2, 0.25) is 0 Å². The Labute approximate surface area is 198 Å². The monoisotopic (exact) mass is 460 g/mol. The summed E-state index contributed by atoms with van der Waals surface area (Å²) in [6, 6.07) is 19.8. The number of amides is 2. The van der Waals surface area contributed by atoms with Crippen LogP contribution >= 0.6 is 11.6 Å². The number of anilines is 2. The number of ether oxygens (including phenoxy) is 1. The van der Waals surface area contributed by atoms with E-state index in [0.717, 1.165) is 22.4 Å². The predicted molar refractivity (Wildman–Crippen MR) is 133 cm³/mol. The number of rotatable bonds is 7. The molecule has 0 saturated carbocycles. The Bertz CT molecular complexity index is 1270. The molecule has 1 aliphatic heterocycles. The van der Waals surface area contributed by atoms with E-state index in [1.54, 1.807) is 24.3 Å². The van der Waals surface area contributed by atoms with Crippen molar-refractivity contribution in [2.75, 3.05) is 16.8 Å². The van der Waals surface area contributed by atoms with Crippen molar-refractivity contribution in [3.63, 3.8) is 0 Å². The van der Waals surface area contributed by atoms with Gasteiger partial charge in [-0.3, -0.25) is 9.59 Å². The lowest BCUT2D eigenvalue weighted by Crippen LogP contribution is -2.32. The summed E-state index contributed by atoms with van der Waals surface area (Å²) in [4.78, 5) is 28.3. The number of aryl methyl sites for hydroxylation is 2. The van der Waals surface area contributed by atoms with Crippen LogP contribution in [0, 0.1) is 13.8 Å². The van der Waals surface area contributed by atoms with Gasteiger partial charge in [0, 0.05) is 16.8 Å². The second kappa shape index (κ2) is 9.51. The maximum absolute atomic E-state index is 13.6. The van der Waals surface area contributed by atoms with Gasteiger partial charge in [-0.1, -0.05) is 48.9 Å². The van der Waals surface area contributed by atoms with Crippen LogP contribution in [0.4, 0.5) is 11.4 Å². The van der Waals surface area contributed by atoms with Gasteiger partial charge < -0.3 is 10.1 Å². The third kappa shape index (κ3) is 4.64. The summed E-state index contributed by atoms with van der Waals surface area (Å²) in [5, 5.41) is 3.64. The summed E-state index contributed by atoms with van der Waals surface area (Å²) in [5.74, 6) is -0.138. The van der Waals surface area contributed by atoms with Crippen molar-refractivity contribution in [3.05, 3.63) is 94.1 Å². The zero-order valence-electron chi connectivity index (χ0n) is 18.8. The van der Waals surface area contributed by atoms with Crippen LogP contribution in [-0.2, 0) is 9.59 Å². The summed E-state index contributed by atoms with van der Waals surface area (Å²) >= 11 is 6.14. The maximum atomic E-state index is 13.6. The molecule has 0 unspecified atom stereocenters. The number of hydrogen-bond donors (Lipinski definition) is 1. The molecule has 1 heterocycles. The van der Waals surface area contributed by atoms with Crippen LogP contribution in [0.5, 0.6) is 5.75 Å². The van der Waals surface area contributed by atoms with Crippen molar-refractivity contribution in [1.82, 2.24) is 0 Å². The highest BCUT2D eigenvalue weighted by molar-refractivity contribution is 6.46. The Morgan fingerprint density at radius 2 is 1.70 bits per heavy atom. The lowest BCUT2D eigenvalue weighted by Gasteiger charge is -2.16. The minimum absolute atomic E-state index is 0.218. The first-order valence-corrected chi connectivity index (χ1v) is 11.2. The largest absolute Gasteiger partial charge is 0.494 e. The molecular formula is C27H25ClN2O3. The molecule has 0 saturated heterocycles. The van der Waals surface area contributed by atoms with E-state index in [-0.39, 0.29) is 5.70 Å². The van der Waals surface area contributed by atoms with Gasteiger partial charge in [0.05, 0.1) is 17.9 Å². The van der Waals surface area contributed by atoms with Crippen LogP contribution in [0.2, 0.25) is 5.02 Å². The molecular weight excluding hydrogens is 436 g/mol. The fourth-order valence-electron chi connectivity index (χ4n) is 3.69. The second-order valence-corrected chi connectivity index (χ2v) is 8.41. The van der Waals surface area contributed by atoms with Crippen molar-refractivity contribution in [2.45, 2.75) is 27.2 Å². The molecule has 0 spiro atoms. The number of carbonyl (C=O) groups is 2. The molecule has 3 aromatic carbocycles. The number of benzene rings is 3. The van der Waals surface area contributed by atoms with Crippen molar-refractivity contribution >= 4 is 40.4 Å². The Kier molecular flexibility index (Phi) is 6.52. The van der Waals surface area contributed by atoms with Crippen LogP contribution < -0.4 is 15.0 Å². The quantitative estimate of drug-likeness (QED) is 0.430. The first-order chi connectivity index (χ1) is 15.9.